The Kier molecular flexibility index (Phi) is 7.86. The number of nitrogens with zero attached hydrogens (tertiary/aromatic N) is 1. The topological polar surface area (TPSA) is 105 Å². The highest BCUT2D eigenvalue weighted by molar-refractivity contribution is 5.86. The molecule has 0 bridgehead atoms. The molecule has 4 N–H and O–H groups in total. The van der Waals surface area contributed by atoms with Crippen molar-refractivity contribution in [3.63, 3.8) is 0 Å². The predicted octanol–water partition coefficient (Wildman–Crippen LogP) is -1.38. The fourth-order valence-corrected chi connectivity index (χ4v) is 2.01. The van der Waals surface area contributed by atoms with Gasteiger partial charge in [0.25, 0.3) is 0 Å². The van der Waals surface area contributed by atoms with E-state index < -0.39 is 5.91 Å². The summed E-state index contributed by atoms with van der Waals surface area (Å²) >= 11 is 0. The molecule has 1 aliphatic heterocycles. The summed E-state index contributed by atoms with van der Waals surface area (Å²) in [5.41, 5.74) is 6.11. The minimum Gasteiger partial charge on any atom is -0.394 e. The Morgan fingerprint density at radius 1 is 1.35 bits per heavy atom. The summed E-state index contributed by atoms with van der Waals surface area (Å²) in [6.07, 6.45) is 2.86. The zero-order chi connectivity index (χ0) is 14.8. The monoisotopic (exact) mass is 285 g/mol. The van der Waals surface area contributed by atoms with Gasteiger partial charge in [-0.05, 0) is 12.8 Å². The van der Waals surface area contributed by atoms with E-state index in [1.165, 1.54) is 6.08 Å². The molecule has 1 heterocycles. The van der Waals surface area contributed by atoms with Crippen LogP contribution in [0, 0.1) is 0 Å². The quantitative estimate of drug-likeness (QED) is 0.376. The number of piperidine rings is 1. The van der Waals surface area contributed by atoms with Crippen molar-refractivity contribution in [2.75, 3.05) is 46.0 Å². The molecule has 1 aliphatic rings. The number of hydrogen-bond acceptors (Lipinski definition) is 5. The number of aliphatic hydroxyl groups is 1. The van der Waals surface area contributed by atoms with Crippen LogP contribution in [0.3, 0.4) is 0 Å². The van der Waals surface area contributed by atoms with Gasteiger partial charge in [0.05, 0.1) is 26.4 Å². The number of hydrogen-bond donors (Lipinski definition) is 3. The summed E-state index contributed by atoms with van der Waals surface area (Å²) in [5.74, 6) is -0.380. The largest absolute Gasteiger partial charge is 0.394 e. The number of nitrogens with two attached hydrogens (primary N) is 1. The Balaban J connectivity index is 2.14. The first kappa shape index (κ1) is 16.6. The molecule has 0 aromatic rings. The van der Waals surface area contributed by atoms with E-state index in [1.807, 2.05) is 0 Å². The summed E-state index contributed by atoms with van der Waals surface area (Å²) in [5, 5.41) is 11.5. The van der Waals surface area contributed by atoms with Crippen molar-refractivity contribution in [2.45, 2.75) is 12.8 Å². The number of amides is 2. The lowest BCUT2D eigenvalue weighted by Gasteiger charge is -2.28. The first-order valence-corrected chi connectivity index (χ1v) is 6.79. The molecule has 1 fully saturated rings. The number of ether oxygens (including phenoxy) is 1. The molecular formula is C13H23N3O4. The van der Waals surface area contributed by atoms with Gasteiger partial charge >= 0.3 is 0 Å². The second kappa shape index (κ2) is 9.46. The predicted molar refractivity (Wildman–Crippen MR) is 73.9 cm³/mol. The fourth-order valence-electron chi connectivity index (χ4n) is 2.01. The lowest BCUT2D eigenvalue weighted by molar-refractivity contribution is -0.130. The Hall–Kier alpha value is -1.44. The van der Waals surface area contributed by atoms with Crippen molar-refractivity contribution in [1.29, 1.82) is 0 Å². The van der Waals surface area contributed by atoms with E-state index >= 15 is 0 Å². The van der Waals surface area contributed by atoms with Crippen LogP contribution in [-0.4, -0.2) is 67.8 Å². The van der Waals surface area contributed by atoms with E-state index in [1.54, 1.807) is 4.90 Å². The molecule has 0 radical (unpaired) electrons. The molecule has 0 saturated carbocycles. The smallest absolute Gasteiger partial charge is 0.241 e. The molecule has 0 unspecified atom stereocenters. The highest BCUT2D eigenvalue weighted by Crippen LogP contribution is 2.15. The number of aliphatic hydroxyl groups excluding tert-OH is 1. The zero-order valence-corrected chi connectivity index (χ0v) is 11.6. The van der Waals surface area contributed by atoms with Gasteiger partial charge in [-0.1, -0.05) is 5.57 Å². The number of rotatable bonds is 8. The molecule has 2 amide bonds. The number of carbonyl (C=O) groups excluding carboxylic acids is 2. The SMILES string of the molecule is NC(=O)C=C1CCN(C(=O)CNCCOCCO)CC1. The molecule has 114 valence electrons. The van der Waals surface area contributed by atoms with Gasteiger partial charge in [0, 0.05) is 25.7 Å². The van der Waals surface area contributed by atoms with Crippen molar-refractivity contribution in [1.82, 2.24) is 10.2 Å². The van der Waals surface area contributed by atoms with Crippen LogP contribution in [0.5, 0.6) is 0 Å². The Bertz CT molecular complexity index is 348. The van der Waals surface area contributed by atoms with Gasteiger partial charge in [0.1, 0.15) is 0 Å². The van der Waals surface area contributed by atoms with Crippen molar-refractivity contribution in [3.8, 4) is 0 Å². The zero-order valence-electron chi connectivity index (χ0n) is 11.6. The van der Waals surface area contributed by atoms with Crippen LogP contribution in [0.1, 0.15) is 12.8 Å². The van der Waals surface area contributed by atoms with Crippen molar-refractivity contribution in [2.24, 2.45) is 5.73 Å². The summed E-state index contributed by atoms with van der Waals surface area (Å²) in [4.78, 5) is 24.4. The maximum Gasteiger partial charge on any atom is 0.241 e. The minimum absolute atomic E-state index is 0.00780. The van der Waals surface area contributed by atoms with Crippen LogP contribution in [0.2, 0.25) is 0 Å². The molecule has 0 atom stereocenters. The van der Waals surface area contributed by atoms with Gasteiger partial charge in [-0.15, -0.1) is 0 Å². The van der Waals surface area contributed by atoms with E-state index in [0.717, 1.165) is 5.57 Å². The molecule has 0 aliphatic carbocycles. The normalized spacial score (nSPS) is 15.2. The van der Waals surface area contributed by atoms with E-state index in [9.17, 15) is 9.59 Å². The van der Waals surface area contributed by atoms with Crippen molar-refractivity contribution < 1.29 is 19.4 Å². The van der Waals surface area contributed by atoms with Gasteiger partial charge in [-0.3, -0.25) is 9.59 Å². The first-order chi connectivity index (χ1) is 9.63. The van der Waals surface area contributed by atoms with Crippen LogP contribution >= 0.6 is 0 Å². The average Bonchev–Trinajstić information content (AvgIpc) is 2.42. The maximum absolute atomic E-state index is 11.9. The molecular weight excluding hydrogens is 262 g/mol. The minimum atomic E-state index is -0.427. The highest BCUT2D eigenvalue weighted by Gasteiger charge is 2.18. The number of nitrogens with one attached hydrogen (secondary N) is 1. The van der Waals surface area contributed by atoms with Crippen LogP contribution < -0.4 is 11.1 Å². The number of likely N-dealkylation sites (tertiary alicyclic amines) is 1. The molecule has 7 heteroatoms. The van der Waals surface area contributed by atoms with Crippen LogP contribution in [0.25, 0.3) is 0 Å². The van der Waals surface area contributed by atoms with Crippen molar-refractivity contribution in [3.05, 3.63) is 11.6 Å². The van der Waals surface area contributed by atoms with Crippen LogP contribution in [0.15, 0.2) is 11.6 Å². The third-order valence-corrected chi connectivity index (χ3v) is 3.04. The molecule has 1 rings (SSSR count). The third kappa shape index (κ3) is 6.65. The summed E-state index contributed by atoms with van der Waals surface area (Å²) in [6, 6.07) is 0. The summed E-state index contributed by atoms with van der Waals surface area (Å²) in [6.45, 7) is 2.90. The average molecular weight is 285 g/mol. The fraction of sp³-hybridized carbons (Fsp3) is 0.692. The first-order valence-electron chi connectivity index (χ1n) is 6.79. The van der Waals surface area contributed by atoms with Gasteiger partial charge in [-0.25, -0.2) is 0 Å². The van der Waals surface area contributed by atoms with Crippen LogP contribution in [-0.2, 0) is 14.3 Å². The highest BCUT2D eigenvalue weighted by atomic mass is 16.5. The lowest BCUT2D eigenvalue weighted by atomic mass is 10.0. The van der Waals surface area contributed by atoms with E-state index in [-0.39, 0.29) is 19.1 Å². The summed E-state index contributed by atoms with van der Waals surface area (Å²) in [7, 11) is 0. The van der Waals surface area contributed by atoms with E-state index in [2.05, 4.69) is 5.32 Å². The van der Waals surface area contributed by atoms with Crippen LogP contribution in [0.4, 0.5) is 0 Å². The van der Waals surface area contributed by atoms with E-state index in [4.69, 9.17) is 15.6 Å². The number of primary amides is 1. The second-order valence-corrected chi connectivity index (χ2v) is 4.60. The van der Waals surface area contributed by atoms with Gasteiger partial charge in [0.2, 0.25) is 11.8 Å². The Morgan fingerprint density at radius 2 is 2.05 bits per heavy atom. The van der Waals surface area contributed by atoms with E-state index in [0.29, 0.717) is 45.7 Å². The molecule has 0 aromatic heterocycles. The Labute approximate surface area is 118 Å². The summed E-state index contributed by atoms with van der Waals surface area (Å²) < 4.78 is 5.07. The lowest BCUT2D eigenvalue weighted by Crippen LogP contribution is -2.42. The van der Waals surface area contributed by atoms with Gasteiger partial charge in [-0.2, -0.15) is 0 Å². The maximum atomic E-state index is 11.9. The molecule has 0 spiro atoms. The van der Waals surface area contributed by atoms with Crippen molar-refractivity contribution >= 4 is 11.8 Å². The van der Waals surface area contributed by atoms with Gasteiger partial charge in [0.15, 0.2) is 0 Å². The second-order valence-electron chi connectivity index (χ2n) is 4.60. The Morgan fingerprint density at radius 3 is 2.65 bits per heavy atom. The molecule has 20 heavy (non-hydrogen) atoms. The van der Waals surface area contributed by atoms with Gasteiger partial charge < -0.3 is 25.8 Å². The molecule has 1 saturated heterocycles. The standard InChI is InChI=1S/C13H23N3O4/c14-12(18)9-11-1-4-16(5-2-11)13(19)10-15-3-7-20-8-6-17/h9,15,17H,1-8,10H2,(H2,14,18). The molecule has 0 aromatic carbocycles. The molecule has 7 nitrogen and oxygen atoms in total. The third-order valence-electron chi connectivity index (χ3n) is 3.04. The number of carbonyl (C=O) groups is 2.